The van der Waals surface area contributed by atoms with Gasteiger partial charge < -0.3 is 0 Å². The summed E-state index contributed by atoms with van der Waals surface area (Å²) in [7, 11) is 0. The van der Waals surface area contributed by atoms with Gasteiger partial charge in [-0.3, -0.25) is 14.5 Å². The van der Waals surface area contributed by atoms with Crippen molar-refractivity contribution >= 4 is 17.9 Å². The number of carbonyl (C=O) groups excluding carboxylic acids is 2. The molecule has 1 saturated carbocycles. The number of carbonyl (C=O) groups is 2. The fourth-order valence-corrected chi connectivity index (χ4v) is 5.50. The molecule has 36 heavy (non-hydrogen) atoms. The van der Waals surface area contributed by atoms with Crippen molar-refractivity contribution in [2.45, 2.75) is 50.5 Å². The Morgan fingerprint density at radius 3 is 2.42 bits per heavy atom. The van der Waals surface area contributed by atoms with Gasteiger partial charge in [0, 0.05) is 5.56 Å². The van der Waals surface area contributed by atoms with Crippen molar-refractivity contribution in [1.29, 1.82) is 5.26 Å². The molecular formula is C32H30N2O2. The molecule has 180 valence electrons. The molecule has 1 aliphatic heterocycles. The second kappa shape index (κ2) is 10.7. The summed E-state index contributed by atoms with van der Waals surface area (Å²) in [6, 6.07) is 26.9. The number of nitriles is 1. The maximum Gasteiger partial charge on any atom is 0.261 e. The Morgan fingerprint density at radius 1 is 0.944 bits per heavy atom. The summed E-state index contributed by atoms with van der Waals surface area (Å²) in [5.74, 6) is -0.186. The lowest BCUT2D eigenvalue weighted by Crippen LogP contribution is -2.62. The van der Waals surface area contributed by atoms with Crippen molar-refractivity contribution in [3.05, 3.63) is 113 Å². The van der Waals surface area contributed by atoms with E-state index in [1.807, 2.05) is 72.8 Å². The van der Waals surface area contributed by atoms with Gasteiger partial charge in [-0.2, -0.15) is 5.26 Å². The normalized spacial score (nSPS) is 20.2. The van der Waals surface area contributed by atoms with Crippen LogP contribution in [0.5, 0.6) is 0 Å². The molecule has 0 radical (unpaired) electrons. The van der Waals surface area contributed by atoms with E-state index in [1.165, 1.54) is 42.6 Å². The molecular weight excluding hydrogens is 444 g/mol. The molecule has 1 heterocycles. The van der Waals surface area contributed by atoms with Crippen LogP contribution in [0.2, 0.25) is 0 Å². The van der Waals surface area contributed by atoms with E-state index >= 15 is 0 Å². The second-order valence-corrected chi connectivity index (χ2v) is 9.85. The first-order valence-corrected chi connectivity index (χ1v) is 12.8. The van der Waals surface area contributed by atoms with Gasteiger partial charge in [-0.05, 0) is 66.1 Å². The summed E-state index contributed by atoms with van der Waals surface area (Å²) < 4.78 is 0. The maximum atomic E-state index is 13.5. The molecule has 1 saturated heterocycles. The van der Waals surface area contributed by atoms with E-state index in [0.29, 0.717) is 23.5 Å². The van der Waals surface area contributed by atoms with E-state index in [0.717, 1.165) is 11.1 Å². The third kappa shape index (κ3) is 5.02. The number of hydrogen-bond donors (Lipinski definition) is 0. The van der Waals surface area contributed by atoms with Gasteiger partial charge in [0.2, 0.25) is 5.91 Å². The van der Waals surface area contributed by atoms with E-state index in [2.05, 4.69) is 18.2 Å². The van der Waals surface area contributed by atoms with Gasteiger partial charge in [0.25, 0.3) is 5.91 Å². The summed E-state index contributed by atoms with van der Waals surface area (Å²) in [6.07, 6.45) is 10.7. The van der Waals surface area contributed by atoms with Crippen LogP contribution in [0.25, 0.3) is 6.08 Å². The van der Waals surface area contributed by atoms with Crippen LogP contribution in [0, 0.1) is 17.2 Å². The van der Waals surface area contributed by atoms with E-state index in [9.17, 15) is 14.9 Å². The number of nitrogens with zero attached hydrogens (tertiary/aromatic N) is 2. The zero-order valence-electron chi connectivity index (χ0n) is 20.3. The molecule has 2 atom stereocenters. The zero-order chi connectivity index (χ0) is 24.9. The summed E-state index contributed by atoms with van der Waals surface area (Å²) in [5.41, 5.74) is 4.35. The number of hydrogen-bond acceptors (Lipinski definition) is 3. The van der Waals surface area contributed by atoms with Gasteiger partial charge in [-0.15, -0.1) is 0 Å². The minimum absolute atomic E-state index is 0.165. The van der Waals surface area contributed by atoms with Crippen LogP contribution in [0.4, 0.5) is 0 Å². The average Bonchev–Trinajstić information content (AvgIpc) is 2.95. The number of β-lactam (4-membered cyclic amide) rings is 1. The fourth-order valence-electron chi connectivity index (χ4n) is 5.50. The lowest BCUT2D eigenvalue weighted by molar-refractivity contribution is -0.147. The number of benzene rings is 3. The van der Waals surface area contributed by atoms with Crippen LogP contribution in [0.1, 0.15) is 70.6 Å². The minimum atomic E-state index is -0.343. The van der Waals surface area contributed by atoms with Crippen LogP contribution in [0.3, 0.4) is 0 Å². The van der Waals surface area contributed by atoms with Crippen LogP contribution >= 0.6 is 0 Å². The number of imide groups is 1. The van der Waals surface area contributed by atoms with Crippen molar-refractivity contribution in [2.75, 3.05) is 0 Å². The van der Waals surface area contributed by atoms with Gasteiger partial charge in [-0.1, -0.05) is 86.0 Å². The highest BCUT2D eigenvalue weighted by Gasteiger charge is 2.49. The third-order valence-electron chi connectivity index (χ3n) is 7.52. The van der Waals surface area contributed by atoms with Crippen molar-refractivity contribution in [3.8, 4) is 6.07 Å². The van der Waals surface area contributed by atoms with E-state index in [-0.39, 0.29) is 23.8 Å². The van der Waals surface area contributed by atoms with Gasteiger partial charge >= 0.3 is 0 Å². The van der Waals surface area contributed by atoms with E-state index in [1.54, 1.807) is 6.07 Å². The summed E-state index contributed by atoms with van der Waals surface area (Å²) in [5, 5.41) is 9.24. The van der Waals surface area contributed by atoms with Gasteiger partial charge in [0.1, 0.15) is 0 Å². The maximum absolute atomic E-state index is 13.5. The summed E-state index contributed by atoms with van der Waals surface area (Å²) in [4.78, 5) is 28.1. The first-order valence-electron chi connectivity index (χ1n) is 12.8. The monoisotopic (exact) mass is 474 g/mol. The number of rotatable bonds is 6. The summed E-state index contributed by atoms with van der Waals surface area (Å²) >= 11 is 0. The molecule has 3 aromatic carbocycles. The number of likely N-dealkylation sites (tertiary alicyclic amines) is 1. The standard InChI is InChI=1S/C32H30N2O2/c33-22-25-11-7-10-24(20-25)21-29-30(19-14-23-8-3-1-4-9-23)34(32(29)36)31(35)28-17-15-27(16-18-28)26-12-5-2-6-13-26/h1,3-4,7-11,14-20,26,29-30H,2,5-6,12-13,21H2/b19-14+/t29-,30-/m1/s1. The van der Waals surface area contributed by atoms with Crippen LogP contribution < -0.4 is 0 Å². The smallest absolute Gasteiger partial charge is 0.261 e. The predicted molar refractivity (Wildman–Crippen MR) is 141 cm³/mol. The molecule has 3 aromatic rings. The lowest BCUT2D eigenvalue weighted by Gasteiger charge is -2.44. The Hall–Kier alpha value is -3.97. The Balaban J connectivity index is 1.37. The highest BCUT2D eigenvalue weighted by atomic mass is 16.2. The Morgan fingerprint density at radius 2 is 1.69 bits per heavy atom. The topological polar surface area (TPSA) is 61.2 Å². The molecule has 1 aliphatic carbocycles. The molecule has 2 amide bonds. The predicted octanol–water partition coefficient (Wildman–Crippen LogP) is 6.53. The molecule has 4 heteroatoms. The summed E-state index contributed by atoms with van der Waals surface area (Å²) in [6.45, 7) is 0. The van der Waals surface area contributed by atoms with Crippen LogP contribution in [-0.2, 0) is 11.2 Å². The Bertz CT molecular complexity index is 1300. The molecule has 0 bridgehead atoms. The van der Waals surface area contributed by atoms with E-state index < -0.39 is 0 Å². The highest BCUT2D eigenvalue weighted by Crippen LogP contribution is 2.35. The molecule has 0 unspecified atom stereocenters. The first-order chi connectivity index (χ1) is 17.6. The molecule has 2 fully saturated rings. The molecule has 0 aromatic heterocycles. The Kier molecular flexibility index (Phi) is 7.09. The molecule has 0 spiro atoms. The SMILES string of the molecule is N#Cc1cccc(C[C@H]2C(=O)N(C(=O)c3ccc(C4CCCCC4)cc3)[C@@H]2/C=C/c2ccccc2)c1. The number of amides is 2. The van der Waals surface area contributed by atoms with Crippen molar-refractivity contribution < 1.29 is 9.59 Å². The molecule has 4 nitrogen and oxygen atoms in total. The van der Waals surface area contributed by atoms with Gasteiger partial charge in [0.05, 0.1) is 23.6 Å². The molecule has 0 N–H and O–H groups in total. The van der Waals surface area contributed by atoms with E-state index in [4.69, 9.17) is 0 Å². The van der Waals surface area contributed by atoms with Crippen molar-refractivity contribution in [1.82, 2.24) is 4.90 Å². The van der Waals surface area contributed by atoms with Crippen molar-refractivity contribution in [2.24, 2.45) is 5.92 Å². The lowest BCUT2D eigenvalue weighted by atomic mass is 9.81. The largest absolute Gasteiger partial charge is 0.274 e. The Labute approximate surface area is 212 Å². The van der Waals surface area contributed by atoms with Gasteiger partial charge in [-0.25, -0.2) is 0 Å². The quantitative estimate of drug-likeness (QED) is 0.301. The molecule has 5 rings (SSSR count). The third-order valence-corrected chi connectivity index (χ3v) is 7.52. The average molecular weight is 475 g/mol. The molecule has 2 aliphatic rings. The van der Waals surface area contributed by atoms with Gasteiger partial charge in [0.15, 0.2) is 0 Å². The fraction of sp³-hybridized carbons (Fsp3) is 0.281. The van der Waals surface area contributed by atoms with Crippen molar-refractivity contribution in [3.63, 3.8) is 0 Å². The second-order valence-electron chi connectivity index (χ2n) is 9.85. The highest BCUT2D eigenvalue weighted by molar-refractivity contribution is 6.09. The first kappa shape index (κ1) is 23.8. The zero-order valence-corrected chi connectivity index (χ0v) is 20.3. The van der Waals surface area contributed by atoms with Crippen LogP contribution in [0.15, 0.2) is 84.9 Å². The van der Waals surface area contributed by atoms with Crippen LogP contribution in [-0.4, -0.2) is 22.8 Å². The minimum Gasteiger partial charge on any atom is -0.274 e.